The van der Waals surface area contributed by atoms with Crippen molar-refractivity contribution in [1.82, 2.24) is 0 Å². The normalized spacial score (nSPS) is 14.3. The molecule has 0 radical (unpaired) electrons. The minimum absolute atomic E-state index is 0.463. The van der Waals surface area contributed by atoms with E-state index >= 15 is 0 Å². The first-order valence-corrected chi connectivity index (χ1v) is 3.57. The van der Waals surface area contributed by atoms with Gasteiger partial charge >= 0.3 is 0 Å². The lowest BCUT2D eigenvalue weighted by Crippen LogP contribution is -1.95. The van der Waals surface area contributed by atoms with Gasteiger partial charge in [0.25, 0.3) is 16.3 Å². The van der Waals surface area contributed by atoms with E-state index in [4.69, 9.17) is 0 Å². The standard InChI is InChI=1S/C4H8F.Al.2H/c1-2-3-4-5;;;/h4H,2-3H2,1H3;;;. The molecule has 0 heterocycles. The fraction of sp³-hybridized carbons (Fsp3) is 1.00. The van der Waals surface area contributed by atoms with Gasteiger partial charge in [0.1, 0.15) is 0 Å². The summed E-state index contributed by atoms with van der Waals surface area (Å²) in [5, 5.41) is -0.463. The molecule has 0 aliphatic heterocycles. The third-order valence-electron chi connectivity index (χ3n) is 0.686. The molecule has 0 fully saturated rings. The maximum Gasteiger partial charge on any atom is 0.267 e. The molecule has 2 heteroatoms. The zero-order valence-electron chi connectivity index (χ0n) is 4.37. The van der Waals surface area contributed by atoms with Gasteiger partial charge < -0.3 is 0 Å². The smallest absolute Gasteiger partial charge is 0.266 e. The van der Waals surface area contributed by atoms with Crippen molar-refractivity contribution in [2.24, 2.45) is 0 Å². The molecule has 0 nitrogen and oxygen atoms in total. The van der Waals surface area contributed by atoms with Crippen molar-refractivity contribution in [3.05, 3.63) is 0 Å². The summed E-state index contributed by atoms with van der Waals surface area (Å²) in [5.41, 5.74) is 0. The second-order valence-corrected chi connectivity index (χ2v) is 2.82. The van der Waals surface area contributed by atoms with E-state index in [1.165, 1.54) is 0 Å². The molecule has 0 saturated heterocycles. The molecular formula is C4H10AlF. The number of alkyl halides is 1. The second-order valence-electron chi connectivity index (χ2n) is 1.57. The first-order valence-electron chi connectivity index (χ1n) is 2.41. The Kier molecular flexibility index (Phi) is 3.93. The molecule has 1 atom stereocenters. The van der Waals surface area contributed by atoms with Crippen molar-refractivity contribution in [1.29, 1.82) is 0 Å². The molecule has 0 aromatic heterocycles. The average molecular weight is 104 g/mol. The highest BCUT2D eigenvalue weighted by Crippen LogP contribution is 1.93. The van der Waals surface area contributed by atoms with Crippen LogP contribution in [0.1, 0.15) is 19.8 Å². The summed E-state index contributed by atoms with van der Waals surface area (Å²) in [5.74, 6) is 0. The van der Waals surface area contributed by atoms with Crippen LogP contribution in [0.25, 0.3) is 0 Å². The van der Waals surface area contributed by atoms with Crippen molar-refractivity contribution in [2.75, 3.05) is 0 Å². The minimum atomic E-state index is -0.463. The molecule has 0 aliphatic carbocycles. The van der Waals surface area contributed by atoms with Crippen molar-refractivity contribution < 1.29 is 4.39 Å². The summed E-state index contributed by atoms with van der Waals surface area (Å²) in [7, 11) is 0. The monoisotopic (exact) mass is 104 g/mol. The van der Waals surface area contributed by atoms with E-state index in [-0.39, 0.29) is 0 Å². The summed E-state index contributed by atoms with van der Waals surface area (Å²) in [6, 6.07) is 0. The zero-order valence-corrected chi connectivity index (χ0v) is 6.37. The number of hydrogen-bond acceptors (Lipinski definition) is 0. The van der Waals surface area contributed by atoms with Gasteiger partial charge in [0.15, 0.2) is 0 Å². The fourth-order valence-corrected chi connectivity index (χ4v) is 0.975. The predicted molar refractivity (Wildman–Crippen MR) is 28.3 cm³/mol. The van der Waals surface area contributed by atoms with Crippen LogP contribution in [0.4, 0.5) is 4.39 Å². The van der Waals surface area contributed by atoms with Gasteiger partial charge in [-0.15, -0.1) is 0 Å². The molecule has 0 aromatic rings. The van der Waals surface area contributed by atoms with E-state index in [0.717, 1.165) is 12.8 Å². The molecular weight excluding hydrogens is 94.0 g/mol. The third-order valence-corrected chi connectivity index (χ3v) is 1.26. The summed E-state index contributed by atoms with van der Waals surface area (Å²) >= 11 is 0.712. The van der Waals surface area contributed by atoms with Crippen LogP contribution in [0.3, 0.4) is 0 Å². The van der Waals surface area contributed by atoms with E-state index in [0.29, 0.717) is 16.3 Å². The first-order chi connectivity index (χ1) is 2.77. The van der Waals surface area contributed by atoms with E-state index in [2.05, 4.69) is 0 Å². The molecule has 0 rings (SSSR count). The van der Waals surface area contributed by atoms with Crippen LogP contribution in [0.2, 0.25) is 0 Å². The van der Waals surface area contributed by atoms with Gasteiger partial charge in [-0.2, -0.15) is 0 Å². The molecule has 0 aromatic carbocycles. The molecule has 0 amide bonds. The van der Waals surface area contributed by atoms with Crippen LogP contribution in [-0.4, -0.2) is 21.3 Å². The average Bonchev–Trinajstić information content (AvgIpc) is 1.35. The maximum absolute atomic E-state index is 11.8. The van der Waals surface area contributed by atoms with Crippen molar-refractivity contribution in [3.8, 4) is 0 Å². The molecule has 0 aliphatic rings. The van der Waals surface area contributed by atoms with Crippen molar-refractivity contribution in [3.63, 3.8) is 0 Å². The van der Waals surface area contributed by atoms with Gasteiger partial charge in [-0.1, -0.05) is 13.3 Å². The Hall–Kier alpha value is 0.462. The Morgan fingerprint density at radius 2 is 2.33 bits per heavy atom. The Labute approximate surface area is 46.2 Å². The van der Waals surface area contributed by atoms with Crippen LogP contribution < -0.4 is 0 Å². The van der Waals surface area contributed by atoms with E-state index in [1.54, 1.807) is 0 Å². The second kappa shape index (κ2) is 3.65. The van der Waals surface area contributed by atoms with Crippen LogP contribution in [0.5, 0.6) is 0 Å². The highest BCUT2D eigenvalue weighted by atomic mass is 27.0. The minimum Gasteiger partial charge on any atom is -0.266 e. The summed E-state index contributed by atoms with van der Waals surface area (Å²) < 4.78 is 11.8. The van der Waals surface area contributed by atoms with E-state index in [9.17, 15) is 4.39 Å². The quantitative estimate of drug-likeness (QED) is 0.453. The zero-order chi connectivity index (χ0) is 4.99. The molecule has 0 saturated carbocycles. The molecule has 6 heavy (non-hydrogen) atoms. The highest BCUT2D eigenvalue weighted by Gasteiger charge is 1.91. The topological polar surface area (TPSA) is 0 Å². The Morgan fingerprint density at radius 1 is 1.83 bits per heavy atom. The van der Waals surface area contributed by atoms with Gasteiger partial charge in [0, 0.05) is 5.03 Å². The number of hydrogen-bond donors (Lipinski definition) is 0. The van der Waals surface area contributed by atoms with Crippen LogP contribution in [0.15, 0.2) is 0 Å². The number of rotatable bonds is 2. The van der Waals surface area contributed by atoms with E-state index in [1.807, 2.05) is 6.92 Å². The molecule has 0 bridgehead atoms. The first kappa shape index (κ1) is 6.46. The van der Waals surface area contributed by atoms with Gasteiger partial charge in [0.2, 0.25) is 0 Å². The molecule has 1 unspecified atom stereocenters. The molecule has 0 N–H and O–H groups in total. The summed E-state index contributed by atoms with van der Waals surface area (Å²) in [4.78, 5) is 0. The highest BCUT2D eigenvalue weighted by molar-refractivity contribution is 6.10. The SMILES string of the molecule is CCC[CH](F)[AlH2]. The largest absolute Gasteiger partial charge is 0.267 e. The van der Waals surface area contributed by atoms with E-state index < -0.39 is 5.03 Å². The lowest BCUT2D eigenvalue weighted by atomic mass is 10.4. The van der Waals surface area contributed by atoms with Crippen LogP contribution >= 0.6 is 0 Å². The number of halogens is 1. The van der Waals surface area contributed by atoms with Gasteiger partial charge in [-0.05, 0) is 6.42 Å². The summed E-state index contributed by atoms with van der Waals surface area (Å²) in [6.07, 6.45) is 1.76. The Balaban J connectivity index is 2.63. The van der Waals surface area contributed by atoms with Gasteiger partial charge in [0.05, 0.1) is 0 Å². The predicted octanol–water partition coefficient (Wildman–Crippen LogP) is 0.715. The Morgan fingerprint density at radius 3 is 2.33 bits per heavy atom. The van der Waals surface area contributed by atoms with Crippen molar-refractivity contribution in [2.45, 2.75) is 24.8 Å². The fourth-order valence-electron chi connectivity index (χ4n) is 0.398. The molecule has 0 spiro atoms. The van der Waals surface area contributed by atoms with Crippen LogP contribution in [0, 0.1) is 0 Å². The lowest BCUT2D eigenvalue weighted by molar-refractivity contribution is 0.417. The third kappa shape index (κ3) is 4.46. The lowest BCUT2D eigenvalue weighted by Gasteiger charge is -1.92. The maximum atomic E-state index is 11.8. The summed E-state index contributed by atoms with van der Waals surface area (Å²) in [6.45, 7) is 2.00. The van der Waals surface area contributed by atoms with Crippen LogP contribution in [-0.2, 0) is 0 Å². The van der Waals surface area contributed by atoms with Gasteiger partial charge in [-0.25, -0.2) is 0 Å². The van der Waals surface area contributed by atoms with Gasteiger partial charge in [-0.3, -0.25) is 4.39 Å². The Bertz CT molecular complexity index is 28.7. The molecule has 36 valence electrons. The van der Waals surface area contributed by atoms with Crippen molar-refractivity contribution >= 4 is 16.3 Å².